The van der Waals surface area contributed by atoms with Gasteiger partial charge in [-0.15, -0.1) is 0 Å². The molecule has 0 aromatic rings. The van der Waals surface area contributed by atoms with Crippen LogP contribution in [0.5, 0.6) is 0 Å². The third kappa shape index (κ3) is 12.4. The van der Waals surface area contributed by atoms with Crippen molar-refractivity contribution in [3.8, 4) is 0 Å². The van der Waals surface area contributed by atoms with Gasteiger partial charge in [0.25, 0.3) is 0 Å². The van der Waals surface area contributed by atoms with Gasteiger partial charge in [-0.2, -0.15) is 0 Å². The number of hydrogen-bond acceptors (Lipinski definition) is 5. The van der Waals surface area contributed by atoms with Gasteiger partial charge in [-0.1, -0.05) is 33.1 Å². The molecule has 23 heavy (non-hydrogen) atoms. The standard InChI is InChI=1S/C18H36O5/c1-6-9-10-16(7-2)12-21-13-17(20-5)14-23-15(4)11-18(19)22-8-3/h15-17H,6-14H2,1-5H3. The van der Waals surface area contributed by atoms with Gasteiger partial charge < -0.3 is 18.9 Å². The van der Waals surface area contributed by atoms with Gasteiger partial charge in [0.05, 0.1) is 32.3 Å². The first kappa shape index (κ1) is 22.4. The lowest BCUT2D eigenvalue weighted by atomic mass is 10.0. The predicted molar refractivity (Wildman–Crippen MR) is 91.6 cm³/mol. The van der Waals surface area contributed by atoms with Crippen LogP contribution in [0.1, 0.15) is 59.8 Å². The van der Waals surface area contributed by atoms with E-state index in [4.69, 9.17) is 18.9 Å². The maximum absolute atomic E-state index is 11.4. The Kier molecular flexibility index (Phi) is 14.5. The van der Waals surface area contributed by atoms with Crippen molar-refractivity contribution in [2.75, 3.05) is 33.5 Å². The van der Waals surface area contributed by atoms with Gasteiger partial charge in [0, 0.05) is 13.7 Å². The van der Waals surface area contributed by atoms with Crippen LogP contribution in [0.3, 0.4) is 0 Å². The molecule has 138 valence electrons. The first-order valence-corrected chi connectivity index (χ1v) is 8.94. The Morgan fingerprint density at radius 2 is 1.83 bits per heavy atom. The molecule has 0 aromatic heterocycles. The fraction of sp³-hybridized carbons (Fsp3) is 0.944. The molecule has 0 bridgehead atoms. The molecule has 0 aliphatic heterocycles. The van der Waals surface area contributed by atoms with Crippen LogP contribution >= 0.6 is 0 Å². The fourth-order valence-electron chi connectivity index (χ4n) is 2.23. The molecular weight excluding hydrogens is 296 g/mol. The van der Waals surface area contributed by atoms with Crippen molar-refractivity contribution in [1.29, 1.82) is 0 Å². The smallest absolute Gasteiger partial charge is 0.308 e. The highest BCUT2D eigenvalue weighted by atomic mass is 16.6. The number of esters is 1. The minimum absolute atomic E-state index is 0.108. The second-order valence-electron chi connectivity index (χ2n) is 5.96. The monoisotopic (exact) mass is 332 g/mol. The molecule has 0 spiro atoms. The summed E-state index contributed by atoms with van der Waals surface area (Å²) in [6, 6.07) is 0. The lowest BCUT2D eigenvalue weighted by molar-refractivity contribution is -0.147. The summed E-state index contributed by atoms with van der Waals surface area (Å²) in [5.74, 6) is 0.392. The normalized spacial score (nSPS) is 15.2. The molecule has 5 heteroatoms. The Labute approximate surface area is 142 Å². The highest BCUT2D eigenvalue weighted by Crippen LogP contribution is 2.13. The summed E-state index contributed by atoms with van der Waals surface area (Å²) in [5.41, 5.74) is 0. The Hall–Kier alpha value is -0.650. The van der Waals surface area contributed by atoms with E-state index >= 15 is 0 Å². The summed E-state index contributed by atoms with van der Waals surface area (Å²) >= 11 is 0. The van der Waals surface area contributed by atoms with Crippen LogP contribution in [0.15, 0.2) is 0 Å². The number of carbonyl (C=O) groups excluding carboxylic acids is 1. The zero-order valence-electron chi connectivity index (χ0n) is 15.6. The van der Waals surface area contributed by atoms with E-state index in [1.807, 2.05) is 6.92 Å². The Balaban J connectivity index is 3.90. The lowest BCUT2D eigenvalue weighted by Crippen LogP contribution is -2.28. The Morgan fingerprint density at radius 1 is 1.09 bits per heavy atom. The van der Waals surface area contributed by atoms with Crippen LogP contribution in [-0.4, -0.2) is 51.7 Å². The summed E-state index contributed by atoms with van der Waals surface area (Å²) in [4.78, 5) is 11.4. The zero-order chi connectivity index (χ0) is 17.5. The predicted octanol–water partition coefficient (Wildman–Crippen LogP) is 3.59. The quantitative estimate of drug-likeness (QED) is 0.429. The molecule has 0 N–H and O–H groups in total. The van der Waals surface area contributed by atoms with Crippen molar-refractivity contribution >= 4 is 5.97 Å². The van der Waals surface area contributed by atoms with Crippen LogP contribution in [0.25, 0.3) is 0 Å². The maximum Gasteiger partial charge on any atom is 0.308 e. The minimum atomic E-state index is -0.230. The number of ether oxygens (including phenoxy) is 4. The van der Waals surface area contributed by atoms with Gasteiger partial charge in [0.1, 0.15) is 6.10 Å². The molecule has 0 saturated carbocycles. The van der Waals surface area contributed by atoms with Gasteiger partial charge in [0.2, 0.25) is 0 Å². The van der Waals surface area contributed by atoms with E-state index in [2.05, 4.69) is 13.8 Å². The van der Waals surface area contributed by atoms with Crippen molar-refractivity contribution in [3.63, 3.8) is 0 Å². The topological polar surface area (TPSA) is 54.0 Å². The summed E-state index contributed by atoms with van der Waals surface area (Å²) in [6.07, 6.45) is 4.82. The van der Waals surface area contributed by atoms with Gasteiger partial charge in [-0.05, 0) is 26.2 Å². The minimum Gasteiger partial charge on any atom is -0.466 e. The molecule has 0 radical (unpaired) electrons. The van der Waals surface area contributed by atoms with Crippen molar-refractivity contribution in [2.24, 2.45) is 5.92 Å². The number of carbonyl (C=O) groups is 1. The van der Waals surface area contributed by atoms with Gasteiger partial charge in [0.15, 0.2) is 0 Å². The zero-order valence-corrected chi connectivity index (χ0v) is 15.6. The van der Waals surface area contributed by atoms with Crippen LogP contribution < -0.4 is 0 Å². The van der Waals surface area contributed by atoms with E-state index in [1.165, 1.54) is 19.3 Å². The molecule has 0 heterocycles. The third-order valence-electron chi connectivity index (χ3n) is 3.86. The van der Waals surface area contributed by atoms with Gasteiger partial charge >= 0.3 is 5.97 Å². The molecule has 0 saturated heterocycles. The lowest BCUT2D eigenvalue weighted by Gasteiger charge is -2.20. The molecule has 0 aliphatic rings. The summed E-state index contributed by atoms with van der Waals surface area (Å²) < 4.78 is 21.7. The molecule has 0 amide bonds. The number of hydrogen-bond donors (Lipinski definition) is 0. The highest BCUT2D eigenvalue weighted by Gasteiger charge is 2.15. The first-order chi connectivity index (χ1) is 11.1. The Morgan fingerprint density at radius 3 is 2.39 bits per heavy atom. The molecule has 0 rings (SSSR count). The summed E-state index contributed by atoms with van der Waals surface area (Å²) in [6.45, 7) is 10.2. The van der Waals surface area contributed by atoms with Crippen molar-refractivity contribution in [2.45, 2.75) is 72.0 Å². The van der Waals surface area contributed by atoms with E-state index in [0.29, 0.717) is 25.7 Å². The first-order valence-electron chi connectivity index (χ1n) is 8.94. The molecular formula is C18H36O5. The van der Waals surface area contributed by atoms with E-state index in [1.54, 1.807) is 14.0 Å². The fourth-order valence-corrected chi connectivity index (χ4v) is 2.23. The second-order valence-corrected chi connectivity index (χ2v) is 5.96. The highest BCUT2D eigenvalue weighted by molar-refractivity contribution is 5.69. The summed E-state index contributed by atoms with van der Waals surface area (Å²) in [5, 5.41) is 0. The average Bonchev–Trinajstić information content (AvgIpc) is 2.53. The van der Waals surface area contributed by atoms with Gasteiger partial charge in [-0.25, -0.2) is 0 Å². The molecule has 0 aliphatic carbocycles. The number of unbranched alkanes of at least 4 members (excludes halogenated alkanes) is 1. The molecule has 3 unspecified atom stereocenters. The van der Waals surface area contributed by atoms with Gasteiger partial charge in [-0.3, -0.25) is 4.79 Å². The van der Waals surface area contributed by atoms with Crippen LogP contribution in [0.2, 0.25) is 0 Å². The largest absolute Gasteiger partial charge is 0.466 e. The van der Waals surface area contributed by atoms with E-state index < -0.39 is 0 Å². The SMILES string of the molecule is CCCCC(CC)COCC(COC(C)CC(=O)OCC)OC. The second kappa shape index (κ2) is 14.9. The molecule has 5 nitrogen and oxygen atoms in total. The molecule has 0 aromatic carbocycles. The van der Waals surface area contributed by atoms with E-state index in [-0.39, 0.29) is 24.6 Å². The third-order valence-corrected chi connectivity index (χ3v) is 3.86. The number of rotatable bonds is 15. The molecule has 3 atom stereocenters. The van der Waals surface area contributed by atoms with Crippen molar-refractivity contribution in [3.05, 3.63) is 0 Å². The Bertz CT molecular complexity index is 283. The average molecular weight is 332 g/mol. The van der Waals surface area contributed by atoms with E-state index in [9.17, 15) is 4.79 Å². The van der Waals surface area contributed by atoms with E-state index in [0.717, 1.165) is 13.0 Å². The van der Waals surface area contributed by atoms with Crippen LogP contribution in [0.4, 0.5) is 0 Å². The van der Waals surface area contributed by atoms with Crippen LogP contribution in [-0.2, 0) is 23.7 Å². The maximum atomic E-state index is 11.4. The van der Waals surface area contributed by atoms with Crippen molar-refractivity contribution < 1.29 is 23.7 Å². The molecule has 0 fully saturated rings. The van der Waals surface area contributed by atoms with Crippen LogP contribution in [0, 0.1) is 5.92 Å². The summed E-state index contributed by atoms with van der Waals surface area (Å²) in [7, 11) is 1.65. The van der Waals surface area contributed by atoms with Crippen molar-refractivity contribution in [1.82, 2.24) is 0 Å². The number of methoxy groups -OCH3 is 1.